The Kier molecular flexibility index (Phi) is 4.71. The molecule has 0 spiro atoms. The first-order valence-corrected chi connectivity index (χ1v) is 7.17. The van der Waals surface area contributed by atoms with Gasteiger partial charge in [-0.2, -0.15) is 0 Å². The summed E-state index contributed by atoms with van der Waals surface area (Å²) >= 11 is 3.32. The Hall–Kier alpha value is -1.21. The lowest BCUT2D eigenvalue weighted by Gasteiger charge is -2.31. The zero-order valence-corrected chi connectivity index (χ0v) is 12.1. The molecule has 0 aromatic carbocycles. The Bertz CT molecular complexity index is 469. The maximum atomic E-state index is 10.7. The first-order valence-electron chi connectivity index (χ1n) is 6.38. The summed E-state index contributed by atoms with van der Waals surface area (Å²) in [6.45, 7) is 0.655. The van der Waals surface area contributed by atoms with Gasteiger partial charge in [0.15, 0.2) is 0 Å². The van der Waals surface area contributed by atoms with E-state index in [4.69, 9.17) is 5.73 Å². The van der Waals surface area contributed by atoms with Crippen LogP contribution in [0.4, 0.5) is 11.5 Å². The van der Waals surface area contributed by atoms with Crippen LogP contribution in [0.2, 0.25) is 0 Å². The Morgan fingerprint density at radius 1 is 1.53 bits per heavy atom. The van der Waals surface area contributed by atoms with Gasteiger partial charge in [0, 0.05) is 12.1 Å². The van der Waals surface area contributed by atoms with Crippen LogP contribution in [0.5, 0.6) is 0 Å². The van der Waals surface area contributed by atoms with Crippen LogP contribution in [0.25, 0.3) is 0 Å². The van der Waals surface area contributed by atoms with Crippen molar-refractivity contribution in [3.63, 3.8) is 0 Å². The van der Waals surface area contributed by atoms with E-state index in [2.05, 4.69) is 26.2 Å². The van der Waals surface area contributed by atoms with Crippen LogP contribution in [0.1, 0.15) is 25.7 Å². The van der Waals surface area contributed by atoms with Gasteiger partial charge in [0.25, 0.3) is 5.69 Å². The molecule has 2 rings (SSSR count). The lowest BCUT2D eigenvalue weighted by Crippen LogP contribution is -2.37. The molecule has 6 nitrogen and oxygen atoms in total. The van der Waals surface area contributed by atoms with Gasteiger partial charge in [-0.25, -0.2) is 4.98 Å². The number of anilines is 1. The van der Waals surface area contributed by atoms with Crippen molar-refractivity contribution in [2.75, 3.05) is 11.9 Å². The van der Waals surface area contributed by atoms with E-state index >= 15 is 0 Å². The molecule has 1 aliphatic rings. The summed E-state index contributed by atoms with van der Waals surface area (Å²) in [7, 11) is 0. The molecule has 0 amide bonds. The number of nitrogens with zero attached hydrogens (tertiary/aromatic N) is 2. The van der Waals surface area contributed by atoms with Gasteiger partial charge in [-0.1, -0.05) is 12.8 Å². The van der Waals surface area contributed by atoms with E-state index in [0.29, 0.717) is 28.8 Å². The second-order valence-electron chi connectivity index (χ2n) is 4.81. The van der Waals surface area contributed by atoms with Crippen LogP contribution in [-0.2, 0) is 0 Å². The minimum Gasteiger partial charge on any atom is -0.366 e. The maximum Gasteiger partial charge on any atom is 0.288 e. The van der Waals surface area contributed by atoms with Crippen molar-refractivity contribution >= 4 is 27.4 Å². The molecule has 2 unspecified atom stereocenters. The molecule has 1 saturated carbocycles. The standard InChI is InChI=1S/C12H17BrN4O2/c13-10-5-9(17(18)19)7-15-12(10)16-11-4-2-1-3-8(11)6-14/h5,7-8,11H,1-4,6,14H2,(H,15,16). The zero-order chi connectivity index (χ0) is 13.8. The molecule has 0 saturated heterocycles. The summed E-state index contributed by atoms with van der Waals surface area (Å²) in [5.74, 6) is 1.09. The van der Waals surface area contributed by atoms with E-state index in [1.807, 2.05) is 0 Å². The number of nitro groups is 1. The van der Waals surface area contributed by atoms with Crippen LogP contribution in [-0.4, -0.2) is 22.5 Å². The average molecular weight is 329 g/mol. The monoisotopic (exact) mass is 328 g/mol. The lowest BCUT2D eigenvalue weighted by atomic mass is 9.84. The predicted molar refractivity (Wildman–Crippen MR) is 77.0 cm³/mol. The average Bonchev–Trinajstić information content (AvgIpc) is 2.41. The molecule has 0 radical (unpaired) electrons. The maximum absolute atomic E-state index is 10.7. The number of pyridine rings is 1. The van der Waals surface area contributed by atoms with Gasteiger partial charge in [0.05, 0.1) is 9.40 Å². The summed E-state index contributed by atoms with van der Waals surface area (Å²) in [6.07, 6.45) is 5.85. The highest BCUT2D eigenvalue weighted by Crippen LogP contribution is 2.30. The molecule has 0 aliphatic heterocycles. The van der Waals surface area contributed by atoms with Crippen LogP contribution >= 0.6 is 15.9 Å². The van der Waals surface area contributed by atoms with Gasteiger partial charge in [0.2, 0.25) is 0 Å². The minimum atomic E-state index is -0.454. The fraction of sp³-hybridized carbons (Fsp3) is 0.583. The van der Waals surface area contributed by atoms with Gasteiger partial charge >= 0.3 is 0 Å². The molecule has 104 valence electrons. The van der Waals surface area contributed by atoms with E-state index in [9.17, 15) is 10.1 Å². The molecule has 1 aromatic heterocycles. The molecular formula is C12H17BrN4O2. The quantitative estimate of drug-likeness (QED) is 0.654. The highest BCUT2D eigenvalue weighted by molar-refractivity contribution is 9.10. The Labute approximate surface area is 120 Å². The van der Waals surface area contributed by atoms with Crippen LogP contribution in [0.3, 0.4) is 0 Å². The molecule has 1 aliphatic carbocycles. The summed E-state index contributed by atoms with van der Waals surface area (Å²) in [6, 6.07) is 1.76. The van der Waals surface area contributed by atoms with Gasteiger partial charge < -0.3 is 11.1 Å². The molecule has 2 atom stereocenters. The molecule has 1 heterocycles. The summed E-state index contributed by atoms with van der Waals surface area (Å²) in [5, 5.41) is 14.0. The van der Waals surface area contributed by atoms with Crippen molar-refractivity contribution in [2.45, 2.75) is 31.7 Å². The molecule has 1 aromatic rings. The second kappa shape index (κ2) is 6.29. The summed E-state index contributed by atoms with van der Waals surface area (Å²) in [5.41, 5.74) is 5.77. The summed E-state index contributed by atoms with van der Waals surface area (Å²) < 4.78 is 0.614. The van der Waals surface area contributed by atoms with Crippen LogP contribution in [0.15, 0.2) is 16.7 Å². The van der Waals surface area contributed by atoms with E-state index in [0.717, 1.165) is 12.8 Å². The third-order valence-corrected chi connectivity index (χ3v) is 4.18. The largest absolute Gasteiger partial charge is 0.366 e. The Morgan fingerprint density at radius 2 is 2.26 bits per heavy atom. The SMILES string of the molecule is NCC1CCCCC1Nc1ncc([N+](=O)[O-])cc1Br. The van der Waals surface area contributed by atoms with E-state index in [1.165, 1.54) is 25.1 Å². The predicted octanol–water partition coefficient (Wildman–Crippen LogP) is 2.68. The van der Waals surface area contributed by atoms with Gasteiger partial charge in [-0.05, 0) is 41.2 Å². The van der Waals surface area contributed by atoms with Gasteiger partial charge in [-0.15, -0.1) is 0 Å². The first-order chi connectivity index (χ1) is 9.11. The minimum absolute atomic E-state index is 0.0172. The molecule has 0 bridgehead atoms. The van der Waals surface area contributed by atoms with E-state index in [1.54, 1.807) is 0 Å². The number of hydrogen-bond donors (Lipinski definition) is 2. The molecule has 3 N–H and O–H groups in total. The highest BCUT2D eigenvalue weighted by Gasteiger charge is 2.25. The molecule has 7 heteroatoms. The topological polar surface area (TPSA) is 94.1 Å². The van der Waals surface area contributed by atoms with Crippen LogP contribution < -0.4 is 11.1 Å². The smallest absolute Gasteiger partial charge is 0.288 e. The molecular weight excluding hydrogens is 312 g/mol. The first kappa shape index (κ1) is 14.2. The van der Waals surface area contributed by atoms with E-state index in [-0.39, 0.29) is 5.69 Å². The third kappa shape index (κ3) is 3.42. The van der Waals surface area contributed by atoms with Crippen molar-refractivity contribution in [1.82, 2.24) is 4.98 Å². The van der Waals surface area contributed by atoms with Gasteiger partial charge in [0.1, 0.15) is 12.0 Å². The zero-order valence-electron chi connectivity index (χ0n) is 10.5. The van der Waals surface area contributed by atoms with E-state index < -0.39 is 4.92 Å². The highest BCUT2D eigenvalue weighted by atomic mass is 79.9. The van der Waals surface area contributed by atoms with Crippen molar-refractivity contribution in [3.8, 4) is 0 Å². The molecule has 19 heavy (non-hydrogen) atoms. The Morgan fingerprint density at radius 3 is 2.89 bits per heavy atom. The van der Waals surface area contributed by atoms with Crippen molar-refractivity contribution in [2.24, 2.45) is 11.7 Å². The number of nitrogens with two attached hydrogens (primary N) is 1. The summed E-state index contributed by atoms with van der Waals surface area (Å²) in [4.78, 5) is 14.3. The number of halogens is 1. The normalized spacial score (nSPS) is 23.1. The van der Waals surface area contributed by atoms with Crippen molar-refractivity contribution in [1.29, 1.82) is 0 Å². The fourth-order valence-corrected chi connectivity index (χ4v) is 2.94. The second-order valence-corrected chi connectivity index (χ2v) is 5.67. The lowest BCUT2D eigenvalue weighted by molar-refractivity contribution is -0.385. The van der Waals surface area contributed by atoms with Crippen molar-refractivity contribution in [3.05, 3.63) is 26.9 Å². The number of rotatable bonds is 4. The third-order valence-electron chi connectivity index (χ3n) is 3.57. The molecule has 1 fully saturated rings. The number of hydrogen-bond acceptors (Lipinski definition) is 5. The van der Waals surface area contributed by atoms with Crippen LogP contribution in [0, 0.1) is 16.0 Å². The van der Waals surface area contributed by atoms with Gasteiger partial charge in [-0.3, -0.25) is 10.1 Å². The number of aromatic nitrogens is 1. The fourth-order valence-electron chi connectivity index (χ4n) is 2.49. The number of nitrogens with one attached hydrogen (secondary N) is 1. The van der Waals surface area contributed by atoms with Crippen molar-refractivity contribution < 1.29 is 4.92 Å². The Balaban J connectivity index is 2.11.